The minimum Gasteiger partial charge on any atom is -0.490 e. The van der Waals surface area contributed by atoms with E-state index in [1.54, 1.807) is 18.2 Å². The molecule has 0 unspecified atom stereocenters. The van der Waals surface area contributed by atoms with Crippen molar-refractivity contribution in [3.05, 3.63) is 24.4 Å². The molecule has 1 aliphatic rings. The average Bonchev–Trinajstić information content (AvgIpc) is 3.08. The Morgan fingerprint density at radius 1 is 1.21 bits per heavy atom. The third-order valence-corrected chi connectivity index (χ3v) is 4.78. The molecule has 0 radical (unpaired) electrons. The summed E-state index contributed by atoms with van der Waals surface area (Å²) in [5.41, 5.74) is 1.03. The lowest BCUT2D eigenvalue weighted by atomic mass is 9.96. The molecule has 1 aliphatic heterocycles. The molecule has 0 saturated carbocycles. The van der Waals surface area contributed by atoms with Gasteiger partial charge in [0, 0.05) is 36.4 Å². The van der Waals surface area contributed by atoms with Gasteiger partial charge < -0.3 is 19.5 Å². The maximum atomic E-state index is 13.3. The first kappa shape index (κ1) is 20.0. The average molecular weight is 398 g/mol. The van der Waals surface area contributed by atoms with E-state index >= 15 is 0 Å². The number of fused-ring (bicyclic) bond motifs is 1. The van der Waals surface area contributed by atoms with Crippen molar-refractivity contribution < 1.29 is 32.5 Å². The Balaban J connectivity index is 2.05. The Morgan fingerprint density at radius 2 is 1.86 bits per heavy atom. The molecular formula is C19H21F3N2O4. The van der Waals surface area contributed by atoms with Gasteiger partial charge >= 0.3 is 12.1 Å². The lowest BCUT2D eigenvalue weighted by Gasteiger charge is -2.22. The molecule has 2 atom stereocenters. The van der Waals surface area contributed by atoms with Crippen LogP contribution in [0.15, 0.2) is 24.4 Å². The summed E-state index contributed by atoms with van der Waals surface area (Å²) in [6.07, 6.45) is -3.09. The Kier molecular flexibility index (Phi) is 5.53. The number of aromatic nitrogens is 1. The Morgan fingerprint density at radius 3 is 2.39 bits per heavy atom. The topological polar surface area (TPSA) is 71.9 Å². The molecule has 1 aromatic carbocycles. The molecule has 6 nitrogen and oxygen atoms in total. The molecule has 1 aromatic heterocycles. The zero-order valence-electron chi connectivity index (χ0n) is 15.5. The fraction of sp³-hybridized carbons (Fsp3) is 0.474. The highest BCUT2D eigenvalue weighted by atomic mass is 19.4. The van der Waals surface area contributed by atoms with Crippen LogP contribution < -0.4 is 14.4 Å². The van der Waals surface area contributed by atoms with Crippen LogP contribution in [-0.2, 0) is 4.79 Å². The van der Waals surface area contributed by atoms with E-state index < -0.39 is 30.5 Å². The van der Waals surface area contributed by atoms with Gasteiger partial charge in [0.2, 0.25) is 0 Å². The summed E-state index contributed by atoms with van der Waals surface area (Å²) in [5.74, 6) is -3.93. The molecule has 9 heteroatoms. The molecule has 1 saturated heterocycles. The number of carboxylic acids is 1. The van der Waals surface area contributed by atoms with Crippen LogP contribution in [0.5, 0.6) is 11.5 Å². The van der Waals surface area contributed by atoms with Crippen molar-refractivity contribution in [3.63, 3.8) is 0 Å². The summed E-state index contributed by atoms with van der Waals surface area (Å²) in [5, 5.41) is 9.84. The number of ether oxygens (including phenoxy) is 2. The van der Waals surface area contributed by atoms with Crippen molar-refractivity contribution in [1.29, 1.82) is 0 Å². The predicted molar refractivity (Wildman–Crippen MR) is 97.0 cm³/mol. The molecule has 2 aromatic rings. The number of aliphatic carboxylic acids is 1. The summed E-state index contributed by atoms with van der Waals surface area (Å²) < 4.78 is 51.2. The molecule has 28 heavy (non-hydrogen) atoms. The highest BCUT2D eigenvalue weighted by Gasteiger charge is 2.52. The predicted octanol–water partition coefficient (Wildman–Crippen LogP) is 3.73. The standard InChI is InChI=1S/C19H21F3N2O4/c1-3-27-16-7-11-14(8-17(16)28-4-2)23-6-5-15(11)24-9-12(18(25)26)13(10-24)19(20,21)22/h5-8,12-13H,3-4,9-10H2,1-2H3,(H,25,26)/t12-,13-/m1/s1. The van der Waals surface area contributed by atoms with E-state index in [9.17, 15) is 23.1 Å². The quantitative estimate of drug-likeness (QED) is 0.800. The van der Waals surface area contributed by atoms with Crippen molar-refractivity contribution in [3.8, 4) is 11.5 Å². The van der Waals surface area contributed by atoms with E-state index in [0.29, 0.717) is 41.3 Å². The monoisotopic (exact) mass is 398 g/mol. The molecule has 0 aliphatic carbocycles. The second-order valence-corrected chi connectivity index (χ2v) is 6.51. The highest BCUT2D eigenvalue weighted by Crippen LogP contribution is 2.42. The van der Waals surface area contributed by atoms with Crippen molar-refractivity contribution in [2.45, 2.75) is 20.0 Å². The first-order chi connectivity index (χ1) is 13.3. The first-order valence-corrected chi connectivity index (χ1v) is 8.99. The minimum absolute atomic E-state index is 0.226. The smallest absolute Gasteiger partial charge is 0.394 e. The van der Waals surface area contributed by atoms with Crippen LogP contribution in [0.2, 0.25) is 0 Å². The van der Waals surface area contributed by atoms with Crippen LogP contribution in [0, 0.1) is 11.8 Å². The molecule has 1 N–H and O–H groups in total. The van der Waals surface area contributed by atoms with E-state index in [-0.39, 0.29) is 6.54 Å². The fourth-order valence-corrected chi connectivity index (χ4v) is 3.53. The Labute approximate surface area is 159 Å². The van der Waals surface area contributed by atoms with Crippen LogP contribution in [0.3, 0.4) is 0 Å². The van der Waals surface area contributed by atoms with E-state index in [1.165, 1.54) is 11.1 Å². The normalized spacial score (nSPS) is 19.8. The van der Waals surface area contributed by atoms with Gasteiger partial charge in [0.25, 0.3) is 0 Å². The number of alkyl halides is 3. The van der Waals surface area contributed by atoms with Crippen LogP contribution in [-0.4, -0.2) is 48.5 Å². The van der Waals surface area contributed by atoms with Crippen LogP contribution in [0.25, 0.3) is 10.9 Å². The van der Waals surface area contributed by atoms with Crippen molar-refractivity contribution >= 4 is 22.6 Å². The fourth-order valence-electron chi connectivity index (χ4n) is 3.53. The molecular weight excluding hydrogens is 377 g/mol. The molecule has 0 bridgehead atoms. The van der Waals surface area contributed by atoms with Crippen molar-refractivity contribution in [2.24, 2.45) is 11.8 Å². The van der Waals surface area contributed by atoms with Gasteiger partial charge in [-0.1, -0.05) is 0 Å². The number of nitrogens with zero attached hydrogens (tertiary/aromatic N) is 2. The summed E-state index contributed by atoms with van der Waals surface area (Å²) in [7, 11) is 0. The molecule has 0 amide bonds. The van der Waals surface area contributed by atoms with E-state index in [4.69, 9.17) is 9.47 Å². The Bertz CT molecular complexity index is 872. The van der Waals surface area contributed by atoms with Gasteiger partial charge in [-0.3, -0.25) is 9.78 Å². The molecule has 152 valence electrons. The van der Waals surface area contributed by atoms with E-state index in [2.05, 4.69) is 4.98 Å². The third kappa shape index (κ3) is 3.79. The van der Waals surface area contributed by atoms with E-state index in [0.717, 1.165) is 0 Å². The Hall–Kier alpha value is -2.71. The van der Waals surface area contributed by atoms with Gasteiger partial charge in [0.05, 0.1) is 30.6 Å². The third-order valence-electron chi connectivity index (χ3n) is 4.78. The van der Waals surface area contributed by atoms with Crippen LogP contribution in [0.1, 0.15) is 13.8 Å². The van der Waals surface area contributed by atoms with Crippen molar-refractivity contribution in [1.82, 2.24) is 4.98 Å². The number of hydrogen-bond donors (Lipinski definition) is 1. The van der Waals surface area contributed by atoms with Gasteiger partial charge in [-0.15, -0.1) is 0 Å². The van der Waals surface area contributed by atoms with E-state index in [1.807, 2.05) is 13.8 Å². The molecule has 2 heterocycles. The van der Waals surface area contributed by atoms with Gasteiger partial charge in [-0.25, -0.2) is 0 Å². The summed E-state index contributed by atoms with van der Waals surface area (Å²) >= 11 is 0. The van der Waals surface area contributed by atoms with Gasteiger partial charge in [-0.05, 0) is 26.0 Å². The van der Waals surface area contributed by atoms with Gasteiger partial charge in [0.15, 0.2) is 11.5 Å². The lowest BCUT2D eigenvalue weighted by Crippen LogP contribution is -2.33. The minimum atomic E-state index is -4.58. The lowest BCUT2D eigenvalue weighted by molar-refractivity contribution is -0.187. The second-order valence-electron chi connectivity index (χ2n) is 6.51. The maximum Gasteiger partial charge on any atom is 0.394 e. The summed E-state index contributed by atoms with van der Waals surface area (Å²) in [6.45, 7) is 3.81. The number of carbonyl (C=O) groups is 1. The van der Waals surface area contributed by atoms with Crippen molar-refractivity contribution in [2.75, 3.05) is 31.2 Å². The number of pyridine rings is 1. The largest absolute Gasteiger partial charge is 0.490 e. The van der Waals surface area contributed by atoms with Gasteiger partial charge in [0.1, 0.15) is 0 Å². The number of halogens is 3. The zero-order valence-corrected chi connectivity index (χ0v) is 15.5. The first-order valence-electron chi connectivity index (χ1n) is 8.99. The number of hydrogen-bond acceptors (Lipinski definition) is 5. The number of carboxylic acid groups (broad SMARTS) is 1. The number of benzene rings is 1. The van der Waals surface area contributed by atoms with Crippen LogP contribution >= 0.6 is 0 Å². The second kappa shape index (κ2) is 7.73. The molecule has 0 spiro atoms. The SMILES string of the molecule is CCOc1cc2nccc(N3C[C@@H](C(F)(F)F)[C@H](C(=O)O)C3)c2cc1OCC. The van der Waals surface area contributed by atoms with Gasteiger partial charge in [-0.2, -0.15) is 13.2 Å². The summed E-state index contributed by atoms with van der Waals surface area (Å²) in [4.78, 5) is 17.1. The molecule has 3 rings (SSSR count). The zero-order chi connectivity index (χ0) is 20.5. The highest BCUT2D eigenvalue weighted by molar-refractivity contribution is 5.94. The number of anilines is 1. The molecule has 1 fully saturated rings. The number of rotatable bonds is 6. The van der Waals surface area contributed by atoms with Crippen LogP contribution in [0.4, 0.5) is 18.9 Å². The summed E-state index contributed by atoms with van der Waals surface area (Å²) in [6, 6.07) is 4.96. The maximum absolute atomic E-state index is 13.3.